The van der Waals surface area contributed by atoms with E-state index in [2.05, 4.69) is 45.2 Å². The molecule has 0 unspecified atom stereocenters. The van der Waals surface area contributed by atoms with Crippen molar-refractivity contribution in [2.75, 3.05) is 0 Å². The highest BCUT2D eigenvalue weighted by atomic mass is 32.1. The first-order valence-electron chi connectivity index (χ1n) is 2.86. The van der Waals surface area contributed by atoms with Gasteiger partial charge >= 0.3 is 0 Å². The highest BCUT2D eigenvalue weighted by molar-refractivity contribution is 7.88. The van der Waals surface area contributed by atoms with Crippen molar-refractivity contribution in [3.63, 3.8) is 0 Å². The number of thiol groups is 2. The molecule has 0 nitrogen and oxygen atoms in total. The van der Waals surface area contributed by atoms with Crippen molar-refractivity contribution < 1.29 is 0 Å². The molecule has 0 aromatic rings. The lowest BCUT2D eigenvalue weighted by Crippen LogP contribution is -2.03. The van der Waals surface area contributed by atoms with Gasteiger partial charge in [-0.1, -0.05) is 26.0 Å². The van der Waals surface area contributed by atoms with Gasteiger partial charge in [-0.25, -0.2) is 0 Å². The van der Waals surface area contributed by atoms with E-state index in [1.165, 1.54) is 0 Å². The molecule has 0 radical (unpaired) electrons. The predicted octanol–water partition coefficient (Wildman–Crippen LogP) is 2.65. The standard InChI is InChI=1S/C7H10S2/c1-7(2)4-3-5(8)6(7)9/h3-4,8-9H,1-2H3. The van der Waals surface area contributed by atoms with E-state index in [-0.39, 0.29) is 5.41 Å². The van der Waals surface area contributed by atoms with E-state index in [0.29, 0.717) is 0 Å². The summed E-state index contributed by atoms with van der Waals surface area (Å²) < 4.78 is 0. The van der Waals surface area contributed by atoms with Crippen LogP contribution in [0.2, 0.25) is 0 Å². The normalized spacial score (nSPS) is 23.6. The molecular weight excluding hydrogens is 148 g/mol. The maximum absolute atomic E-state index is 4.31. The average molecular weight is 158 g/mol. The number of allylic oxidation sites excluding steroid dienone is 3. The van der Waals surface area contributed by atoms with E-state index in [4.69, 9.17) is 0 Å². The molecule has 0 aromatic heterocycles. The van der Waals surface area contributed by atoms with Gasteiger partial charge in [-0.3, -0.25) is 0 Å². The fourth-order valence-electron chi connectivity index (χ4n) is 0.775. The van der Waals surface area contributed by atoms with Gasteiger partial charge < -0.3 is 0 Å². The molecule has 0 aromatic carbocycles. The Morgan fingerprint density at radius 3 is 2.00 bits per heavy atom. The molecule has 0 saturated heterocycles. The van der Waals surface area contributed by atoms with E-state index < -0.39 is 0 Å². The smallest absolute Gasteiger partial charge is 0.0147 e. The molecule has 1 aliphatic carbocycles. The molecule has 0 fully saturated rings. The van der Waals surface area contributed by atoms with E-state index in [1.54, 1.807) is 0 Å². The maximum Gasteiger partial charge on any atom is 0.0147 e. The van der Waals surface area contributed by atoms with Crippen LogP contribution in [0, 0.1) is 5.41 Å². The predicted molar refractivity (Wildman–Crippen MR) is 47.9 cm³/mol. The first-order chi connectivity index (χ1) is 4.04. The van der Waals surface area contributed by atoms with E-state index in [1.807, 2.05) is 6.08 Å². The summed E-state index contributed by atoms with van der Waals surface area (Å²) in [7, 11) is 0. The van der Waals surface area contributed by atoms with Crippen molar-refractivity contribution in [1.82, 2.24) is 0 Å². The molecule has 0 amide bonds. The van der Waals surface area contributed by atoms with Gasteiger partial charge in [0.25, 0.3) is 0 Å². The summed E-state index contributed by atoms with van der Waals surface area (Å²) >= 11 is 8.53. The summed E-state index contributed by atoms with van der Waals surface area (Å²) in [5, 5.41) is 0. The Labute approximate surface area is 66.9 Å². The van der Waals surface area contributed by atoms with Gasteiger partial charge in [-0.2, -0.15) is 0 Å². The first-order valence-corrected chi connectivity index (χ1v) is 3.75. The quantitative estimate of drug-likeness (QED) is 0.497. The van der Waals surface area contributed by atoms with Crippen LogP contribution in [0.4, 0.5) is 0 Å². The summed E-state index contributed by atoms with van der Waals surface area (Å²) in [5.41, 5.74) is 0.111. The molecule has 0 saturated carbocycles. The van der Waals surface area contributed by atoms with Crippen LogP contribution in [0.1, 0.15) is 13.8 Å². The largest absolute Gasteiger partial charge is 0.146 e. The van der Waals surface area contributed by atoms with Crippen LogP contribution >= 0.6 is 25.3 Å². The summed E-state index contributed by atoms with van der Waals surface area (Å²) in [6, 6.07) is 0. The summed E-state index contributed by atoms with van der Waals surface area (Å²) in [4.78, 5) is 2.05. The molecule has 1 rings (SSSR count). The lowest BCUT2D eigenvalue weighted by Gasteiger charge is -2.15. The molecule has 0 aliphatic heterocycles. The fraction of sp³-hybridized carbons (Fsp3) is 0.429. The second-order valence-corrected chi connectivity index (χ2v) is 3.72. The Hall–Kier alpha value is 0.180. The second kappa shape index (κ2) is 2.10. The Morgan fingerprint density at radius 2 is 1.89 bits per heavy atom. The van der Waals surface area contributed by atoms with E-state index in [9.17, 15) is 0 Å². The topological polar surface area (TPSA) is 0 Å². The highest BCUT2D eigenvalue weighted by Gasteiger charge is 2.23. The van der Waals surface area contributed by atoms with Crippen LogP contribution in [0.25, 0.3) is 0 Å². The van der Waals surface area contributed by atoms with Gasteiger partial charge in [-0.15, -0.1) is 25.3 Å². The monoisotopic (exact) mass is 158 g/mol. The zero-order valence-corrected chi connectivity index (χ0v) is 7.34. The van der Waals surface area contributed by atoms with E-state index in [0.717, 1.165) is 9.81 Å². The molecule has 0 heterocycles. The van der Waals surface area contributed by atoms with Crippen LogP contribution in [0.3, 0.4) is 0 Å². The van der Waals surface area contributed by atoms with Crippen molar-refractivity contribution in [3.8, 4) is 0 Å². The molecule has 0 N–H and O–H groups in total. The summed E-state index contributed by atoms with van der Waals surface area (Å²) in [6.07, 6.45) is 4.10. The lowest BCUT2D eigenvalue weighted by molar-refractivity contribution is 0.625. The lowest BCUT2D eigenvalue weighted by atomic mass is 9.96. The SMILES string of the molecule is CC1(C)C=CC(S)=C1S. The molecular formula is C7H10S2. The first kappa shape index (κ1) is 7.29. The third kappa shape index (κ3) is 1.19. The Morgan fingerprint density at radius 1 is 1.33 bits per heavy atom. The molecule has 50 valence electrons. The van der Waals surface area contributed by atoms with Crippen LogP contribution in [0.5, 0.6) is 0 Å². The summed E-state index contributed by atoms with van der Waals surface area (Å²) in [6.45, 7) is 4.24. The van der Waals surface area contributed by atoms with Crippen molar-refractivity contribution in [3.05, 3.63) is 22.0 Å². The van der Waals surface area contributed by atoms with Crippen molar-refractivity contribution in [2.45, 2.75) is 13.8 Å². The van der Waals surface area contributed by atoms with E-state index >= 15 is 0 Å². The van der Waals surface area contributed by atoms with Crippen LogP contribution in [0.15, 0.2) is 22.0 Å². The molecule has 2 heteroatoms. The third-order valence-electron chi connectivity index (χ3n) is 1.51. The van der Waals surface area contributed by atoms with Crippen LogP contribution < -0.4 is 0 Å². The molecule has 9 heavy (non-hydrogen) atoms. The van der Waals surface area contributed by atoms with Gasteiger partial charge in [0.2, 0.25) is 0 Å². The third-order valence-corrected chi connectivity index (χ3v) is 2.88. The van der Waals surface area contributed by atoms with Gasteiger partial charge in [-0.05, 0) is 0 Å². The van der Waals surface area contributed by atoms with Crippen molar-refractivity contribution in [1.29, 1.82) is 0 Å². The zero-order valence-electron chi connectivity index (χ0n) is 5.55. The number of hydrogen-bond donors (Lipinski definition) is 2. The minimum atomic E-state index is 0.111. The van der Waals surface area contributed by atoms with Crippen LogP contribution in [-0.2, 0) is 0 Å². The highest BCUT2D eigenvalue weighted by Crippen LogP contribution is 2.39. The second-order valence-electron chi connectivity index (χ2n) is 2.79. The molecule has 0 bridgehead atoms. The minimum absolute atomic E-state index is 0.111. The number of rotatable bonds is 0. The maximum atomic E-state index is 4.31. The molecule has 0 atom stereocenters. The summed E-state index contributed by atoms with van der Waals surface area (Å²) in [5.74, 6) is 0. The minimum Gasteiger partial charge on any atom is -0.146 e. The Balaban J connectivity index is 3.01. The Kier molecular flexibility index (Phi) is 1.70. The van der Waals surface area contributed by atoms with Gasteiger partial charge in [0.15, 0.2) is 0 Å². The van der Waals surface area contributed by atoms with Crippen molar-refractivity contribution >= 4 is 25.3 Å². The Bertz CT molecular complexity index is 187. The fourth-order valence-corrected chi connectivity index (χ4v) is 1.29. The average Bonchev–Trinajstić information content (AvgIpc) is 1.97. The molecule has 0 spiro atoms. The van der Waals surface area contributed by atoms with Crippen molar-refractivity contribution in [2.24, 2.45) is 5.41 Å². The zero-order chi connectivity index (χ0) is 7.07. The number of hydrogen-bond acceptors (Lipinski definition) is 2. The van der Waals surface area contributed by atoms with Gasteiger partial charge in [0, 0.05) is 15.2 Å². The molecule has 1 aliphatic rings. The van der Waals surface area contributed by atoms with Gasteiger partial charge in [0.1, 0.15) is 0 Å². The van der Waals surface area contributed by atoms with Gasteiger partial charge in [0.05, 0.1) is 0 Å². The van der Waals surface area contributed by atoms with Crippen LogP contribution in [-0.4, -0.2) is 0 Å².